The first-order valence-electron chi connectivity index (χ1n) is 1.91. The zero-order valence-corrected chi connectivity index (χ0v) is 5.07. The van der Waals surface area contributed by atoms with Crippen molar-refractivity contribution in [3.8, 4) is 0 Å². The lowest BCUT2D eigenvalue weighted by Gasteiger charge is -1.90. The number of amides is 1. The van der Waals surface area contributed by atoms with Crippen molar-refractivity contribution in [3.05, 3.63) is 0 Å². The third-order valence-corrected chi connectivity index (χ3v) is 0.500. The van der Waals surface area contributed by atoms with E-state index < -0.39 is 0 Å². The SMILES string of the molecule is Cl.NNC(=O)CCO. The molecule has 0 fully saturated rings. The normalized spacial score (nSPS) is 7.25. The number of nitrogens with two attached hydrogens (primary N) is 1. The van der Waals surface area contributed by atoms with E-state index in [1.165, 1.54) is 0 Å². The smallest absolute Gasteiger partial charge is 0.236 e. The second kappa shape index (κ2) is 6.68. The van der Waals surface area contributed by atoms with E-state index in [-0.39, 0.29) is 31.3 Å². The predicted molar refractivity (Wildman–Crippen MR) is 31.3 cm³/mol. The maximum atomic E-state index is 10.0. The number of halogens is 1. The molecule has 0 aromatic heterocycles. The third-order valence-electron chi connectivity index (χ3n) is 0.500. The lowest BCUT2D eigenvalue weighted by molar-refractivity contribution is -0.121. The highest BCUT2D eigenvalue weighted by atomic mass is 35.5. The summed E-state index contributed by atoms with van der Waals surface area (Å²) >= 11 is 0. The summed E-state index contributed by atoms with van der Waals surface area (Å²) in [5.41, 5.74) is 1.87. The van der Waals surface area contributed by atoms with E-state index in [1.807, 2.05) is 5.43 Å². The van der Waals surface area contributed by atoms with Crippen LogP contribution in [0.25, 0.3) is 0 Å². The average molecular weight is 141 g/mol. The topological polar surface area (TPSA) is 75.3 Å². The van der Waals surface area contributed by atoms with Crippen molar-refractivity contribution in [2.24, 2.45) is 5.84 Å². The fraction of sp³-hybridized carbons (Fsp3) is 0.667. The standard InChI is InChI=1S/C3H8N2O2.ClH/c4-5-3(7)1-2-6;/h6H,1-2,4H2,(H,5,7);1H. The van der Waals surface area contributed by atoms with E-state index in [4.69, 9.17) is 5.11 Å². The number of aliphatic hydroxyl groups is 1. The summed E-state index contributed by atoms with van der Waals surface area (Å²) in [5.74, 6) is 4.30. The molecule has 0 unspecified atom stereocenters. The number of nitrogens with one attached hydrogen (secondary N) is 1. The molecule has 0 saturated heterocycles. The Balaban J connectivity index is 0. The minimum atomic E-state index is -0.345. The van der Waals surface area contributed by atoms with E-state index >= 15 is 0 Å². The molecule has 0 aliphatic carbocycles. The largest absolute Gasteiger partial charge is 0.396 e. The van der Waals surface area contributed by atoms with Gasteiger partial charge in [-0.25, -0.2) is 5.84 Å². The highest BCUT2D eigenvalue weighted by Crippen LogP contribution is 1.69. The highest BCUT2D eigenvalue weighted by molar-refractivity contribution is 5.85. The minimum absolute atomic E-state index is 0. The Morgan fingerprint density at radius 1 is 1.75 bits per heavy atom. The Morgan fingerprint density at radius 2 is 2.25 bits per heavy atom. The van der Waals surface area contributed by atoms with Gasteiger partial charge in [-0.05, 0) is 0 Å². The van der Waals surface area contributed by atoms with Crippen molar-refractivity contribution < 1.29 is 9.90 Å². The molecule has 0 saturated carbocycles. The van der Waals surface area contributed by atoms with Crippen molar-refractivity contribution in [1.82, 2.24) is 5.43 Å². The number of rotatable bonds is 2. The Labute approximate surface area is 53.4 Å². The number of carbonyl (C=O) groups is 1. The number of hydrogen-bond donors (Lipinski definition) is 3. The molecule has 8 heavy (non-hydrogen) atoms. The average Bonchev–Trinajstić information content (AvgIpc) is 1.68. The molecular weight excluding hydrogens is 131 g/mol. The molecule has 0 rings (SSSR count). The first-order valence-corrected chi connectivity index (χ1v) is 1.91. The molecule has 0 aromatic carbocycles. The summed E-state index contributed by atoms with van der Waals surface area (Å²) in [6, 6.07) is 0. The van der Waals surface area contributed by atoms with Crippen molar-refractivity contribution in [2.45, 2.75) is 6.42 Å². The second-order valence-corrected chi connectivity index (χ2v) is 1.04. The van der Waals surface area contributed by atoms with Crippen molar-refractivity contribution in [1.29, 1.82) is 0 Å². The Hall–Kier alpha value is -0.320. The zero-order valence-electron chi connectivity index (χ0n) is 4.26. The minimum Gasteiger partial charge on any atom is -0.396 e. The van der Waals surface area contributed by atoms with Crippen LogP contribution in [0.5, 0.6) is 0 Å². The quantitative estimate of drug-likeness (QED) is 0.256. The Morgan fingerprint density at radius 3 is 2.38 bits per heavy atom. The van der Waals surface area contributed by atoms with E-state index in [2.05, 4.69) is 5.84 Å². The fourth-order valence-electron chi connectivity index (χ4n) is 0.174. The van der Waals surface area contributed by atoms with Crippen LogP contribution in [0.4, 0.5) is 0 Å². The maximum Gasteiger partial charge on any atom is 0.236 e. The number of aliphatic hydroxyl groups excluding tert-OH is 1. The molecule has 0 atom stereocenters. The van der Waals surface area contributed by atoms with Gasteiger partial charge < -0.3 is 5.11 Å². The van der Waals surface area contributed by atoms with Gasteiger partial charge in [0.05, 0.1) is 13.0 Å². The van der Waals surface area contributed by atoms with Crippen LogP contribution in [0.1, 0.15) is 6.42 Å². The molecule has 0 spiro atoms. The van der Waals surface area contributed by atoms with Crippen molar-refractivity contribution in [2.75, 3.05) is 6.61 Å². The molecule has 0 aliphatic heterocycles. The van der Waals surface area contributed by atoms with Crippen LogP contribution in [0.3, 0.4) is 0 Å². The van der Waals surface area contributed by atoms with Gasteiger partial charge in [0, 0.05) is 0 Å². The number of hydrogen-bond acceptors (Lipinski definition) is 3. The van der Waals surface area contributed by atoms with Gasteiger partial charge in [-0.15, -0.1) is 12.4 Å². The van der Waals surface area contributed by atoms with E-state index in [1.54, 1.807) is 0 Å². The molecule has 1 amide bonds. The van der Waals surface area contributed by atoms with Gasteiger partial charge in [0.2, 0.25) is 5.91 Å². The van der Waals surface area contributed by atoms with Crippen LogP contribution in [0.2, 0.25) is 0 Å². The molecule has 0 bridgehead atoms. The van der Waals surface area contributed by atoms with Crippen molar-refractivity contribution in [3.63, 3.8) is 0 Å². The maximum absolute atomic E-state index is 10.0. The first-order chi connectivity index (χ1) is 3.31. The molecule has 4 nitrogen and oxygen atoms in total. The number of carbonyl (C=O) groups excluding carboxylic acids is 1. The fourth-order valence-corrected chi connectivity index (χ4v) is 0.174. The lowest BCUT2D eigenvalue weighted by Crippen LogP contribution is -2.30. The summed E-state index contributed by atoms with van der Waals surface area (Å²) in [4.78, 5) is 10.0. The molecule has 4 N–H and O–H groups in total. The van der Waals surface area contributed by atoms with Gasteiger partial charge in [0.25, 0.3) is 0 Å². The van der Waals surface area contributed by atoms with Gasteiger partial charge in [-0.2, -0.15) is 0 Å². The van der Waals surface area contributed by atoms with Crippen LogP contribution in [-0.4, -0.2) is 17.6 Å². The first kappa shape index (κ1) is 10.6. The van der Waals surface area contributed by atoms with E-state index in [0.717, 1.165) is 0 Å². The van der Waals surface area contributed by atoms with Crippen LogP contribution in [0.15, 0.2) is 0 Å². The molecule has 0 aromatic rings. The van der Waals surface area contributed by atoms with Gasteiger partial charge >= 0.3 is 0 Å². The van der Waals surface area contributed by atoms with Crippen LogP contribution < -0.4 is 11.3 Å². The summed E-state index contributed by atoms with van der Waals surface area (Å²) in [7, 11) is 0. The predicted octanol–water partition coefficient (Wildman–Crippen LogP) is -1.22. The van der Waals surface area contributed by atoms with Crippen molar-refractivity contribution >= 4 is 18.3 Å². The number of hydrazine groups is 1. The van der Waals surface area contributed by atoms with Gasteiger partial charge in [-0.1, -0.05) is 0 Å². The zero-order chi connectivity index (χ0) is 5.70. The monoisotopic (exact) mass is 140 g/mol. The van der Waals surface area contributed by atoms with Gasteiger partial charge in [0.1, 0.15) is 0 Å². The molecule has 0 aliphatic rings. The highest BCUT2D eigenvalue weighted by Gasteiger charge is 1.91. The summed E-state index contributed by atoms with van der Waals surface area (Å²) in [5, 5.41) is 8.05. The van der Waals surface area contributed by atoms with Crippen LogP contribution in [-0.2, 0) is 4.79 Å². The van der Waals surface area contributed by atoms with Crippen LogP contribution >= 0.6 is 12.4 Å². The molecule has 5 heteroatoms. The molecule has 50 valence electrons. The summed E-state index contributed by atoms with van der Waals surface area (Å²) < 4.78 is 0. The van der Waals surface area contributed by atoms with Crippen LogP contribution in [0, 0.1) is 0 Å². The van der Waals surface area contributed by atoms with E-state index in [0.29, 0.717) is 0 Å². The second-order valence-electron chi connectivity index (χ2n) is 1.04. The lowest BCUT2D eigenvalue weighted by atomic mass is 10.4. The Kier molecular flexibility index (Phi) is 8.87. The summed E-state index contributed by atoms with van der Waals surface area (Å²) in [6.45, 7) is -0.150. The molecule has 0 heterocycles. The van der Waals surface area contributed by atoms with Gasteiger partial charge in [0.15, 0.2) is 0 Å². The van der Waals surface area contributed by atoms with E-state index in [9.17, 15) is 4.79 Å². The third kappa shape index (κ3) is 5.68. The molecule has 0 radical (unpaired) electrons. The van der Waals surface area contributed by atoms with Gasteiger partial charge in [-0.3, -0.25) is 10.2 Å². The Bertz CT molecular complexity index is 68.3. The molecular formula is C3H9ClN2O2. The summed E-state index contributed by atoms with van der Waals surface area (Å²) in [6.07, 6.45) is 0.0799.